The Hall–Kier alpha value is -1.30. The van der Waals surface area contributed by atoms with Crippen LogP contribution in [-0.2, 0) is 9.59 Å². The van der Waals surface area contributed by atoms with Gasteiger partial charge in [0.25, 0.3) is 0 Å². The fraction of sp³-hybridized carbons (Fsp3) is 0.793. The van der Waals surface area contributed by atoms with Crippen molar-refractivity contribution in [3.8, 4) is 0 Å². The second-order valence-corrected chi connectivity index (χ2v) is 11.4. The molecule has 1 rings (SSSR count). The second kappa shape index (κ2) is 15.0. The Bertz CT molecular complexity index is 729. The van der Waals surface area contributed by atoms with Crippen LogP contribution in [0.1, 0.15) is 112 Å². The van der Waals surface area contributed by atoms with Crippen LogP contribution in [0.3, 0.4) is 0 Å². The van der Waals surface area contributed by atoms with E-state index in [0.717, 1.165) is 24.7 Å². The molecule has 3 N–H and O–H groups in total. The summed E-state index contributed by atoms with van der Waals surface area (Å²) in [5, 5.41) is 29.8. The topological polar surface area (TPSA) is 94.8 Å². The Kier molecular flexibility index (Phi) is 13.5. The van der Waals surface area contributed by atoms with E-state index in [1.54, 1.807) is 13.8 Å². The average molecular weight is 479 g/mol. The summed E-state index contributed by atoms with van der Waals surface area (Å²) < 4.78 is 0. The van der Waals surface area contributed by atoms with Crippen molar-refractivity contribution in [3.63, 3.8) is 0 Å². The standard InChI is InChI=1S/C29H50O5/c1-20(2)10-7-11-21(3)12-8-13-22(4)14-9-16-29(6,34)17-15-24-23(5)27(32)25(18-30)26(19-31)28(24)33/h20-22,30-31,34H,7-19H2,1-6H3/t21-,22-,29-/m1/s1. The number of Topliss-reactive ketones (excluding diaryl/α,β-unsaturated/α-hetero) is 2. The molecule has 0 bridgehead atoms. The summed E-state index contributed by atoms with van der Waals surface area (Å²) in [7, 11) is 0. The van der Waals surface area contributed by atoms with Crippen LogP contribution in [0.25, 0.3) is 0 Å². The van der Waals surface area contributed by atoms with Crippen molar-refractivity contribution in [3.05, 3.63) is 22.3 Å². The number of allylic oxidation sites excluding steroid dienone is 2. The lowest BCUT2D eigenvalue weighted by atomic mass is 9.81. The summed E-state index contributed by atoms with van der Waals surface area (Å²) in [4.78, 5) is 25.2. The summed E-state index contributed by atoms with van der Waals surface area (Å²) >= 11 is 0. The third kappa shape index (κ3) is 10.1. The highest BCUT2D eigenvalue weighted by molar-refractivity contribution is 6.25. The molecule has 196 valence electrons. The van der Waals surface area contributed by atoms with Gasteiger partial charge in [-0.3, -0.25) is 9.59 Å². The highest BCUT2D eigenvalue weighted by Crippen LogP contribution is 2.31. The molecule has 0 aromatic carbocycles. The van der Waals surface area contributed by atoms with Gasteiger partial charge in [0.05, 0.1) is 18.8 Å². The van der Waals surface area contributed by atoms with E-state index >= 15 is 0 Å². The molecular weight excluding hydrogens is 428 g/mol. The highest BCUT2D eigenvalue weighted by atomic mass is 16.3. The lowest BCUT2D eigenvalue weighted by Gasteiger charge is -2.26. The first-order chi connectivity index (χ1) is 15.9. The van der Waals surface area contributed by atoms with Crippen LogP contribution in [0.2, 0.25) is 0 Å². The van der Waals surface area contributed by atoms with E-state index in [1.165, 1.54) is 38.5 Å². The second-order valence-electron chi connectivity index (χ2n) is 11.4. The van der Waals surface area contributed by atoms with Crippen molar-refractivity contribution in [1.82, 2.24) is 0 Å². The van der Waals surface area contributed by atoms with Crippen molar-refractivity contribution in [2.75, 3.05) is 13.2 Å². The fourth-order valence-corrected chi connectivity index (χ4v) is 4.95. The highest BCUT2D eigenvalue weighted by Gasteiger charge is 2.32. The third-order valence-electron chi connectivity index (χ3n) is 7.49. The van der Waals surface area contributed by atoms with E-state index in [2.05, 4.69) is 27.7 Å². The van der Waals surface area contributed by atoms with E-state index in [9.17, 15) is 24.9 Å². The minimum atomic E-state index is -0.915. The summed E-state index contributed by atoms with van der Waals surface area (Å²) in [5.74, 6) is 1.46. The molecule has 0 amide bonds. The number of hydrogen-bond donors (Lipinski definition) is 3. The molecule has 5 heteroatoms. The predicted molar refractivity (Wildman–Crippen MR) is 138 cm³/mol. The van der Waals surface area contributed by atoms with Gasteiger partial charge in [0, 0.05) is 22.3 Å². The van der Waals surface area contributed by atoms with Gasteiger partial charge in [0.1, 0.15) is 0 Å². The molecule has 0 heterocycles. The summed E-state index contributed by atoms with van der Waals surface area (Å²) in [5.41, 5.74) is -0.284. The minimum Gasteiger partial charge on any atom is -0.392 e. The van der Waals surface area contributed by atoms with Crippen LogP contribution in [0, 0.1) is 17.8 Å². The van der Waals surface area contributed by atoms with Crippen molar-refractivity contribution in [2.45, 2.75) is 118 Å². The monoisotopic (exact) mass is 478 g/mol. The zero-order valence-corrected chi connectivity index (χ0v) is 22.6. The van der Waals surface area contributed by atoms with E-state index in [1.807, 2.05) is 0 Å². The molecule has 0 saturated carbocycles. The zero-order valence-electron chi connectivity index (χ0n) is 22.6. The first-order valence-electron chi connectivity index (χ1n) is 13.4. The minimum absolute atomic E-state index is 0.0144. The fourth-order valence-electron chi connectivity index (χ4n) is 4.95. The number of aliphatic hydroxyl groups is 3. The van der Waals surface area contributed by atoms with Crippen molar-refractivity contribution < 1.29 is 24.9 Å². The maximum absolute atomic E-state index is 12.7. The van der Waals surface area contributed by atoms with Gasteiger partial charge in [0.15, 0.2) is 11.6 Å². The number of aliphatic hydroxyl groups excluding tert-OH is 2. The van der Waals surface area contributed by atoms with Crippen LogP contribution in [0.15, 0.2) is 22.3 Å². The Morgan fingerprint density at radius 3 is 1.68 bits per heavy atom. The first kappa shape index (κ1) is 30.7. The van der Waals surface area contributed by atoms with Gasteiger partial charge < -0.3 is 15.3 Å². The van der Waals surface area contributed by atoms with Crippen LogP contribution in [0.4, 0.5) is 0 Å². The van der Waals surface area contributed by atoms with Crippen molar-refractivity contribution in [2.24, 2.45) is 17.8 Å². The number of rotatable bonds is 17. The molecule has 0 saturated heterocycles. The van der Waals surface area contributed by atoms with Gasteiger partial charge in [0.2, 0.25) is 0 Å². The van der Waals surface area contributed by atoms with E-state index in [0.29, 0.717) is 29.9 Å². The molecule has 0 aromatic heterocycles. The number of carbonyl (C=O) groups is 2. The van der Waals surface area contributed by atoms with Crippen LogP contribution in [-0.4, -0.2) is 45.7 Å². The number of carbonyl (C=O) groups excluding carboxylic acids is 2. The predicted octanol–water partition coefficient (Wildman–Crippen LogP) is 5.71. The molecule has 0 aliphatic heterocycles. The van der Waals surface area contributed by atoms with Crippen LogP contribution < -0.4 is 0 Å². The Morgan fingerprint density at radius 2 is 1.18 bits per heavy atom. The molecule has 0 unspecified atom stereocenters. The molecule has 34 heavy (non-hydrogen) atoms. The summed E-state index contributed by atoms with van der Waals surface area (Å²) in [6, 6.07) is 0. The third-order valence-corrected chi connectivity index (χ3v) is 7.49. The van der Waals surface area contributed by atoms with Crippen LogP contribution in [0.5, 0.6) is 0 Å². The Labute approximate surface area is 207 Å². The molecule has 1 aliphatic carbocycles. The Morgan fingerprint density at radius 1 is 0.706 bits per heavy atom. The summed E-state index contributed by atoms with van der Waals surface area (Å²) in [6.07, 6.45) is 11.1. The van der Waals surface area contributed by atoms with Gasteiger partial charge in [-0.2, -0.15) is 0 Å². The van der Waals surface area contributed by atoms with Gasteiger partial charge in [-0.25, -0.2) is 0 Å². The van der Waals surface area contributed by atoms with Gasteiger partial charge in [-0.1, -0.05) is 79.1 Å². The van der Waals surface area contributed by atoms with E-state index < -0.39 is 18.8 Å². The molecule has 3 atom stereocenters. The van der Waals surface area contributed by atoms with E-state index in [-0.39, 0.29) is 29.1 Å². The van der Waals surface area contributed by atoms with E-state index in [4.69, 9.17) is 0 Å². The lowest BCUT2D eigenvalue weighted by molar-refractivity contribution is -0.117. The molecule has 1 aliphatic rings. The maximum atomic E-state index is 12.7. The van der Waals surface area contributed by atoms with Gasteiger partial charge >= 0.3 is 0 Å². The lowest BCUT2D eigenvalue weighted by Crippen LogP contribution is -2.29. The van der Waals surface area contributed by atoms with Gasteiger partial charge in [-0.05, 0) is 50.9 Å². The molecule has 0 fully saturated rings. The number of ketones is 2. The largest absolute Gasteiger partial charge is 0.392 e. The van der Waals surface area contributed by atoms with Crippen molar-refractivity contribution >= 4 is 11.6 Å². The molecule has 0 aromatic rings. The quantitative estimate of drug-likeness (QED) is 0.233. The SMILES string of the molecule is CC1=C(CC[C@](C)(O)CCC[C@H](C)CCC[C@H](C)CCCC(C)C)C(=O)C(CO)=C(CO)C1=O. The van der Waals surface area contributed by atoms with Gasteiger partial charge in [-0.15, -0.1) is 0 Å². The molecule has 5 nitrogen and oxygen atoms in total. The summed E-state index contributed by atoms with van der Waals surface area (Å²) in [6.45, 7) is 11.5. The molecular formula is C29H50O5. The van der Waals surface area contributed by atoms with Crippen molar-refractivity contribution in [1.29, 1.82) is 0 Å². The first-order valence-corrected chi connectivity index (χ1v) is 13.4. The van der Waals surface area contributed by atoms with Crippen LogP contribution >= 0.6 is 0 Å². The smallest absolute Gasteiger partial charge is 0.188 e. The number of hydrogen-bond acceptors (Lipinski definition) is 5. The maximum Gasteiger partial charge on any atom is 0.188 e. The molecule has 0 spiro atoms. The normalized spacial score (nSPS) is 18.6. The zero-order chi connectivity index (χ0) is 25.9. The average Bonchev–Trinajstić information content (AvgIpc) is 2.75. The Balaban J connectivity index is 2.40. The molecule has 0 radical (unpaired) electrons.